The summed E-state index contributed by atoms with van der Waals surface area (Å²) in [6.45, 7) is 9.43. The third kappa shape index (κ3) is 6.49. The maximum Gasteiger partial charge on any atom is 0.00498 e. The van der Waals surface area contributed by atoms with Gasteiger partial charge < -0.3 is 0 Å². The average molecular weight is 435 g/mol. The molecule has 0 saturated heterocycles. The standard InChI is InChI=1S/C32H50/c1-5-9-19-27-31(25-11-7-3,29-21-15-13-16-22-29)32(26-12-8-4,28-20-10-6-2)30-23-17-14-18-24-30/h13-18,21-24H,5-12,19-20,25-28H2,1-4H3. The molecule has 0 aliphatic rings. The van der Waals surface area contributed by atoms with Crippen LogP contribution in [0.3, 0.4) is 0 Å². The van der Waals surface area contributed by atoms with Crippen molar-refractivity contribution < 1.29 is 0 Å². The van der Waals surface area contributed by atoms with Crippen molar-refractivity contribution >= 4 is 0 Å². The maximum absolute atomic E-state index is 2.46. The van der Waals surface area contributed by atoms with Crippen molar-refractivity contribution in [2.75, 3.05) is 0 Å². The predicted octanol–water partition coefficient (Wildman–Crippen LogP) is 10.4. The van der Waals surface area contributed by atoms with Gasteiger partial charge in [-0.05, 0) is 36.8 Å². The van der Waals surface area contributed by atoms with Gasteiger partial charge in [0.15, 0.2) is 0 Å². The van der Waals surface area contributed by atoms with Gasteiger partial charge in [-0.3, -0.25) is 0 Å². The molecule has 0 aliphatic carbocycles. The van der Waals surface area contributed by atoms with Crippen LogP contribution in [0.2, 0.25) is 0 Å². The van der Waals surface area contributed by atoms with Gasteiger partial charge in [-0.1, -0.05) is 153 Å². The minimum atomic E-state index is 0.212. The summed E-state index contributed by atoms with van der Waals surface area (Å²) in [4.78, 5) is 0. The first-order valence-electron chi connectivity index (χ1n) is 13.8. The summed E-state index contributed by atoms with van der Waals surface area (Å²) in [5, 5.41) is 0. The Kier molecular flexibility index (Phi) is 12.1. The van der Waals surface area contributed by atoms with Gasteiger partial charge in [0.2, 0.25) is 0 Å². The monoisotopic (exact) mass is 434 g/mol. The second-order valence-electron chi connectivity index (χ2n) is 10.0. The lowest BCUT2D eigenvalue weighted by molar-refractivity contribution is 0.138. The average Bonchev–Trinajstić information content (AvgIpc) is 2.85. The van der Waals surface area contributed by atoms with Crippen LogP contribution in [0.5, 0.6) is 0 Å². The molecule has 2 unspecified atom stereocenters. The van der Waals surface area contributed by atoms with Gasteiger partial charge in [0.25, 0.3) is 0 Å². The molecule has 0 aliphatic heterocycles. The first-order valence-corrected chi connectivity index (χ1v) is 13.8. The summed E-state index contributed by atoms with van der Waals surface area (Å²) in [6.07, 6.45) is 18.4. The fourth-order valence-corrected chi connectivity index (χ4v) is 6.16. The number of rotatable bonds is 17. The summed E-state index contributed by atoms with van der Waals surface area (Å²) < 4.78 is 0. The maximum atomic E-state index is 2.46. The quantitative estimate of drug-likeness (QED) is 0.217. The summed E-state index contributed by atoms with van der Waals surface area (Å²) in [5.74, 6) is 0. The van der Waals surface area contributed by atoms with E-state index >= 15 is 0 Å². The van der Waals surface area contributed by atoms with Crippen molar-refractivity contribution in [3.05, 3.63) is 71.8 Å². The molecular weight excluding hydrogens is 384 g/mol. The van der Waals surface area contributed by atoms with Gasteiger partial charge in [-0.2, -0.15) is 0 Å². The molecule has 0 saturated carbocycles. The van der Waals surface area contributed by atoms with Crippen LogP contribution >= 0.6 is 0 Å². The molecule has 0 nitrogen and oxygen atoms in total. The predicted molar refractivity (Wildman–Crippen MR) is 144 cm³/mol. The Hall–Kier alpha value is -1.56. The first-order chi connectivity index (χ1) is 15.7. The molecule has 2 aromatic carbocycles. The van der Waals surface area contributed by atoms with E-state index in [9.17, 15) is 0 Å². The lowest BCUT2D eigenvalue weighted by Crippen LogP contribution is -2.50. The Balaban J connectivity index is 2.76. The largest absolute Gasteiger partial charge is 0.0654 e. The van der Waals surface area contributed by atoms with Gasteiger partial charge in [0.1, 0.15) is 0 Å². The van der Waals surface area contributed by atoms with Crippen LogP contribution < -0.4 is 0 Å². The highest BCUT2D eigenvalue weighted by Crippen LogP contribution is 2.56. The van der Waals surface area contributed by atoms with Gasteiger partial charge in [0.05, 0.1) is 0 Å². The van der Waals surface area contributed by atoms with Crippen LogP contribution in [-0.2, 0) is 10.8 Å². The minimum absolute atomic E-state index is 0.212. The molecule has 0 heterocycles. The molecule has 0 fully saturated rings. The Labute approximate surface area is 200 Å². The Bertz CT molecular complexity index is 640. The summed E-state index contributed by atoms with van der Waals surface area (Å²) in [7, 11) is 0. The van der Waals surface area contributed by atoms with Crippen LogP contribution in [0.15, 0.2) is 60.7 Å². The van der Waals surface area contributed by atoms with E-state index in [1.807, 2.05) is 0 Å². The fraction of sp³-hybridized carbons (Fsp3) is 0.625. The van der Waals surface area contributed by atoms with E-state index in [4.69, 9.17) is 0 Å². The van der Waals surface area contributed by atoms with Crippen molar-refractivity contribution in [2.24, 2.45) is 0 Å². The Morgan fingerprint density at radius 3 is 1.03 bits per heavy atom. The van der Waals surface area contributed by atoms with E-state index in [-0.39, 0.29) is 10.8 Å². The van der Waals surface area contributed by atoms with Crippen LogP contribution in [0.1, 0.15) is 129 Å². The lowest BCUT2D eigenvalue weighted by Gasteiger charge is -2.53. The molecule has 0 N–H and O–H groups in total. The molecule has 0 spiro atoms. The smallest absolute Gasteiger partial charge is 0.00498 e. The third-order valence-electron chi connectivity index (χ3n) is 7.90. The van der Waals surface area contributed by atoms with Crippen LogP contribution in [-0.4, -0.2) is 0 Å². The number of unbranched alkanes of at least 4 members (excludes halogenated alkanes) is 6. The third-order valence-corrected chi connectivity index (χ3v) is 7.90. The molecule has 32 heavy (non-hydrogen) atoms. The molecule has 0 bridgehead atoms. The summed E-state index contributed by atoms with van der Waals surface area (Å²) in [5.41, 5.74) is 3.62. The van der Waals surface area contributed by atoms with Crippen molar-refractivity contribution in [1.82, 2.24) is 0 Å². The first kappa shape index (κ1) is 26.7. The topological polar surface area (TPSA) is 0 Å². The normalized spacial score (nSPS) is 15.2. The van der Waals surface area contributed by atoms with Crippen LogP contribution in [0, 0.1) is 0 Å². The number of benzene rings is 2. The molecule has 0 aromatic heterocycles. The minimum Gasteiger partial charge on any atom is -0.0654 e. The van der Waals surface area contributed by atoms with Crippen LogP contribution in [0.4, 0.5) is 0 Å². The summed E-state index contributed by atoms with van der Waals surface area (Å²) in [6, 6.07) is 23.4. The van der Waals surface area contributed by atoms with Crippen molar-refractivity contribution in [1.29, 1.82) is 0 Å². The van der Waals surface area contributed by atoms with E-state index in [1.165, 1.54) is 89.9 Å². The number of hydrogen-bond donors (Lipinski definition) is 0. The summed E-state index contributed by atoms with van der Waals surface area (Å²) >= 11 is 0. The zero-order chi connectivity index (χ0) is 23.1. The van der Waals surface area contributed by atoms with E-state index in [2.05, 4.69) is 88.4 Å². The highest BCUT2D eigenvalue weighted by atomic mass is 14.5. The fourth-order valence-electron chi connectivity index (χ4n) is 6.16. The zero-order valence-corrected chi connectivity index (χ0v) is 21.7. The lowest BCUT2D eigenvalue weighted by atomic mass is 9.50. The van der Waals surface area contributed by atoms with Crippen molar-refractivity contribution in [3.8, 4) is 0 Å². The molecule has 0 heteroatoms. The Morgan fingerprint density at radius 1 is 0.406 bits per heavy atom. The van der Waals surface area contributed by atoms with E-state index in [1.54, 1.807) is 11.1 Å². The Morgan fingerprint density at radius 2 is 0.719 bits per heavy atom. The molecule has 0 amide bonds. The van der Waals surface area contributed by atoms with Crippen molar-refractivity contribution in [2.45, 2.75) is 128 Å². The SMILES string of the molecule is CCCCCC(CCCC)(c1ccccc1)C(CCCC)(CCCCC)c1ccccc1. The molecule has 2 aromatic rings. The van der Waals surface area contributed by atoms with Crippen LogP contribution in [0.25, 0.3) is 0 Å². The van der Waals surface area contributed by atoms with E-state index in [0.717, 1.165) is 0 Å². The number of hydrogen-bond acceptors (Lipinski definition) is 0. The highest BCUT2D eigenvalue weighted by molar-refractivity contribution is 5.39. The molecular formula is C32H50. The second-order valence-corrected chi connectivity index (χ2v) is 10.0. The highest BCUT2D eigenvalue weighted by Gasteiger charge is 2.51. The molecule has 178 valence electrons. The zero-order valence-electron chi connectivity index (χ0n) is 21.7. The van der Waals surface area contributed by atoms with E-state index in [0.29, 0.717) is 0 Å². The van der Waals surface area contributed by atoms with Crippen molar-refractivity contribution in [3.63, 3.8) is 0 Å². The molecule has 2 atom stereocenters. The van der Waals surface area contributed by atoms with Gasteiger partial charge in [-0.25, -0.2) is 0 Å². The molecule has 2 rings (SSSR count). The van der Waals surface area contributed by atoms with E-state index < -0.39 is 0 Å². The van der Waals surface area contributed by atoms with Gasteiger partial charge in [0, 0.05) is 10.8 Å². The van der Waals surface area contributed by atoms with Gasteiger partial charge >= 0.3 is 0 Å². The van der Waals surface area contributed by atoms with Gasteiger partial charge in [-0.15, -0.1) is 0 Å². The molecule has 0 radical (unpaired) electrons. The second kappa shape index (κ2) is 14.6.